The van der Waals surface area contributed by atoms with Crippen molar-refractivity contribution in [1.29, 1.82) is 0 Å². The highest BCUT2D eigenvalue weighted by atomic mass is 16.2. The van der Waals surface area contributed by atoms with Gasteiger partial charge < -0.3 is 10.2 Å². The van der Waals surface area contributed by atoms with Gasteiger partial charge >= 0.3 is 0 Å². The number of rotatable bonds is 6. The van der Waals surface area contributed by atoms with Crippen LogP contribution in [-0.2, 0) is 22.6 Å². The van der Waals surface area contributed by atoms with Crippen molar-refractivity contribution in [2.24, 2.45) is 0 Å². The predicted octanol–water partition coefficient (Wildman–Crippen LogP) is 3.32. The van der Waals surface area contributed by atoms with Crippen LogP contribution in [0.4, 0.5) is 0 Å². The summed E-state index contributed by atoms with van der Waals surface area (Å²) in [4.78, 5) is 26.9. The molecular weight excluding hydrogens is 324 g/mol. The van der Waals surface area contributed by atoms with E-state index >= 15 is 0 Å². The number of likely N-dealkylation sites (N-methyl/N-ethyl adjacent to an activating group) is 1. The molecule has 4 heteroatoms. The van der Waals surface area contributed by atoms with Crippen molar-refractivity contribution in [3.63, 3.8) is 0 Å². The Labute approximate surface area is 156 Å². The normalized spacial score (nSPS) is 11.7. The van der Waals surface area contributed by atoms with E-state index in [0.29, 0.717) is 13.0 Å². The summed E-state index contributed by atoms with van der Waals surface area (Å²) in [5, 5.41) is 2.65. The maximum Gasteiger partial charge on any atom is 0.242 e. The molecule has 2 aromatic rings. The topological polar surface area (TPSA) is 49.4 Å². The lowest BCUT2D eigenvalue weighted by Gasteiger charge is -2.29. The van der Waals surface area contributed by atoms with Crippen LogP contribution in [0.15, 0.2) is 42.5 Å². The fourth-order valence-electron chi connectivity index (χ4n) is 3.05. The molecule has 1 N–H and O–H groups in total. The van der Waals surface area contributed by atoms with Gasteiger partial charge in [0.1, 0.15) is 6.04 Å². The SMILES string of the molecule is CNC(=O)C(C)N(Cc1cccc(C)c1)C(=O)Cc1cc(C)ccc1C. The number of amides is 2. The van der Waals surface area contributed by atoms with Crippen molar-refractivity contribution in [1.82, 2.24) is 10.2 Å². The third kappa shape index (κ3) is 4.94. The van der Waals surface area contributed by atoms with Crippen LogP contribution in [0.3, 0.4) is 0 Å². The minimum Gasteiger partial charge on any atom is -0.357 e. The smallest absolute Gasteiger partial charge is 0.242 e. The van der Waals surface area contributed by atoms with Crippen LogP contribution in [0, 0.1) is 20.8 Å². The summed E-state index contributed by atoms with van der Waals surface area (Å²) in [5.74, 6) is -0.205. The molecule has 2 aromatic carbocycles. The van der Waals surface area contributed by atoms with Crippen LogP contribution in [0.1, 0.15) is 34.7 Å². The molecule has 138 valence electrons. The van der Waals surface area contributed by atoms with Gasteiger partial charge in [0, 0.05) is 13.6 Å². The van der Waals surface area contributed by atoms with Crippen LogP contribution in [0.2, 0.25) is 0 Å². The van der Waals surface area contributed by atoms with E-state index in [0.717, 1.165) is 27.8 Å². The van der Waals surface area contributed by atoms with E-state index in [4.69, 9.17) is 0 Å². The van der Waals surface area contributed by atoms with E-state index in [-0.39, 0.29) is 11.8 Å². The molecule has 0 heterocycles. The Morgan fingerprint density at radius 2 is 1.73 bits per heavy atom. The molecule has 26 heavy (non-hydrogen) atoms. The van der Waals surface area contributed by atoms with E-state index in [2.05, 4.69) is 11.4 Å². The Morgan fingerprint density at radius 1 is 1.04 bits per heavy atom. The molecule has 2 rings (SSSR count). The molecule has 0 aromatic heterocycles. The zero-order valence-corrected chi connectivity index (χ0v) is 16.3. The number of nitrogens with zero attached hydrogens (tertiary/aromatic N) is 1. The summed E-state index contributed by atoms with van der Waals surface area (Å²) in [5.41, 5.74) is 5.38. The Balaban J connectivity index is 2.28. The average Bonchev–Trinajstić information content (AvgIpc) is 2.61. The standard InChI is InChI=1S/C22H28N2O2/c1-15-7-6-8-19(11-15)14-24(18(4)22(26)23-5)21(25)13-20-12-16(2)9-10-17(20)3/h6-12,18H,13-14H2,1-5H3,(H,23,26). The van der Waals surface area contributed by atoms with Crippen molar-refractivity contribution in [3.05, 3.63) is 70.3 Å². The van der Waals surface area contributed by atoms with Crippen LogP contribution < -0.4 is 5.32 Å². The molecule has 0 fully saturated rings. The van der Waals surface area contributed by atoms with Gasteiger partial charge in [-0.05, 0) is 44.4 Å². The summed E-state index contributed by atoms with van der Waals surface area (Å²) in [6, 6.07) is 13.6. The molecule has 1 atom stereocenters. The number of aryl methyl sites for hydroxylation is 3. The number of carbonyl (C=O) groups is 2. The Hall–Kier alpha value is -2.62. The van der Waals surface area contributed by atoms with Crippen molar-refractivity contribution in [2.75, 3.05) is 7.05 Å². The second-order valence-corrected chi connectivity index (χ2v) is 6.91. The van der Waals surface area contributed by atoms with E-state index in [1.807, 2.05) is 57.2 Å². The number of carbonyl (C=O) groups excluding carboxylic acids is 2. The van der Waals surface area contributed by atoms with Gasteiger partial charge in [-0.25, -0.2) is 0 Å². The van der Waals surface area contributed by atoms with Crippen LogP contribution in [0.5, 0.6) is 0 Å². The highest BCUT2D eigenvalue weighted by molar-refractivity contribution is 5.88. The minimum absolute atomic E-state index is 0.0451. The first-order valence-electron chi connectivity index (χ1n) is 8.94. The van der Waals surface area contributed by atoms with Gasteiger partial charge in [0.05, 0.1) is 6.42 Å². The second kappa shape index (κ2) is 8.65. The molecule has 0 saturated carbocycles. The Kier molecular flexibility index (Phi) is 6.56. The largest absolute Gasteiger partial charge is 0.357 e. The van der Waals surface area contributed by atoms with Gasteiger partial charge in [-0.1, -0.05) is 53.6 Å². The summed E-state index contributed by atoms with van der Waals surface area (Å²) < 4.78 is 0. The van der Waals surface area contributed by atoms with Crippen molar-refractivity contribution in [2.45, 2.75) is 46.7 Å². The molecule has 0 aliphatic carbocycles. The molecule has 0 radical (unpaired) electrons. The molecule has 0 aliphatic heterocycles. The Bertz CT molecular complexity index is 798. The fraction of sp³-hybridized carbons (Fsp3) is 0.364. The zero-order valence-electron chi connectivity index (χ0n) is 16.3. The second-order valence-electron chi connectivity index (χ2n) is 6.91. The molecular formula is C22H28N2O2. The number of nitrogens with one attached hydrogen (secondary N) is 1. The third-order valence-electron chi connectivity index (χ3n) is 4.70. The van der Waals surface area contributed by atoms with E-state index in [1.165, 1.54) is 0 Å². The fourth-order valence-corrected chi connectivity index (χ4v) is 3.05. The lowest BCUT2D eigenvalue weighted by atomic mass is 10.0. The number of hydrogen-bond donors (Lipinski definition) is 1. The number of benzene rings is 2. The van der Waals surface area contributed by atoms with Gasteiger partial charge in [-0.2, -0.15) is 0 Å². The van der Waals surface area contributed by atoms with Gasteiger partial charge in [-0.15, -0.1) is 0 Å². The Morgan fingerprint density at radius 3 is 2.38 bits per heavy atom. The maximum absolute atomic E-state index is 13.1. The first kappa shape index (κ1) is 19.7. The summed E-state index contributed by atoms with van der Waals surface area (Å²) in [6.45, 7) is 8.24. The molecule has 0 aliphatic rings. The molecule has 0 bridgehead atoms. The predicted molar refractivity (Wildman–Crippen MR) is 105 cm³/mol. The first-order valence-corrected chi connectivity index (χ1v) is 8.94. The van der Waals surface area contributed by atoms with Gasteiger partial charge in [0.2, 0.25) is 11.8 Å². The van der Waals surface area contributed by atoms with Crippen molar-refractivity contribution >= 4 is 11.8 Å². The van der Waals surface area contributed by atoms with E-state index < -0.39 is 6.04 Å². The van der Waals surface area contributed by atoms with Crippen LogP contribution in [0.25, 0.3) is 0 Å². The quantitative estimate of drug-likeness (QED) is 0.867. The first-order chi connectivity index (χ1) is 12.3. The lowest BCUT2D eigenvalue weighted by Crippen LogP contribution is -2.47. The lowest BCUT2D eigenvalue weighted by molar-refractivity contribution is -0.139. The highest BCUT2D eigenvalue weighted by Gasteiger charge is 2.25. The molecule has 4 nitrogen and oxygen atoms in total. The molecule has 1 unspecified atom stereocenters. The van der Waals surface area contributed by atoms with Crippen LogP contribution in [-0.4, -0.2) is 29.8 Å². The van der Waals surface area contributed by atoms with E-state index in [1.54, 1.807) is 18.9 Å². The molecule has 0 spiro atoms. The van der Waals surface area contributed by atoms with Crippen LogP contribution >= 0.6 is 0 Å². The van der Waals surface area contributed by atoms with E-state index in [9.17, 15) is 9.59 Å². The highest BCUT2D eigenvalue weighted by Crippen LogP contribution is 2.16. The van der Waals surface area contributed by atoms with Gasteiger partial charge in [0.15, 0.2) is 0 Å². The maximum atomic E-state index is 13.1. The summed E-state index contributed by atoms with van der Waals surface area (Å²) in [6.07, 6.45) is 0.292. The zero-order chi connectivity index (χ0) is 19.3. The van der Waals surface area contributed by atoms with Gasteiger partial charge in [0.25, 0.3) is 0 Å². The molecule has 2 amide bonds. The van der Waals surface area contributed by atoms with Gasteiger partial charge in [-0.3, -0.25) is 9.59 Å². The molecule has 0 saturated heterocycles. The third-order valence-corrected chi connectivity index (χ3v) is 4.70. The average molecular weight is 352 g/mol. The monoisotopic (exact) mass is 352 g/mol. The minimum atomic E-state index is -0.530. The summed E-state index contributed by atoms with van der Waals surface area (Å²) >= 11 is 0. The van der Waals surface area contributed by atoms with Crippen molar-refractivity contribution < 1.29 is 9.59 Å². The summed E-state index contributed by atoms with van der Waals surface area (Å²) in [7, 11) is 1.60. The van der Waals surface area contributed by atoms with Crippen molar-refractivity contribution in [3.8, 4) is 0 Å². The number of hydrogen-bond acceptors (Lipinski definition) is 2.